The maximum atomic E-state index is 12.9. The van der Waals surface area contributed by atoms with E-state index in [2.05, 4.69) is 17.4 Å². The second-order valence-corrected chi connectivity index (χ2v) is 10.1. The molecule has 1 unspecified atom stereocenters. The first-order valence-electron chi connectivity index (χ1n) is 10.7. The van der Waals surface area contributed by atoms with E-state index in [-0.39, 0.29) is 12.6 Å². The van der Waals surface area contributed by atoms with Crippen molar-refractivity contribution in [1.29, 1.82) is 0 Å². The van der Waals surface area contributed by atoms with Crippen LogP contribution in [-0.2, 0) is 14.8 Å². The van der Waals surface area contributed by atoms with Crippen LogP contribution in [0.4, 0.5) is 5.69 Å². The molecule has 6 nitrogen and oxygen atoms in total. The lowest BCUT2D eigenvalue weighted by molar-refractivity contribution is -0.120. The number of nitrogens with zero attached hydrogens (tertiary/aromatic N) is 1. The molecule has 1 amide bonds. The third kappa shape index (κ3) is 6.14. The van der Waals surface area contributed by atoms with Crippen LogP contribution in [0.2, 0.25) is 0 Å². The van der Waals surface area contributed by atoms with Gasteiger partial charge in [0, 0.05) is 0 Å². The van der Waals surface area contributed by atoms with E-state index in [0.717, 1.165) is 27.3 Å². The highest BCUT2D eigenvalue weighted by molar-refractivity contribution is 7.92. The Balaban J connectivity index is 1.84. The van der Waals surface area contributed by atoms with E-state index in [1.54, 1.807) is 36.4 Å². The van der Waals surface area contributed by atoms with Gasteiger partial charge in [0.2, 0.25) is 15.9 Å². The van der Waals surface area contributed by atoms with Gasteiger partial charge in [0.05, 0.1) is 18.0 Å². The summed E-state index contributed by atoms with van der Waals surface area (Å²) in [5, 5.41) is 2.94. The minimum Gasteiger partial charge on any atom is -0.455 e. The standard InChI is InChI=1S/C26H30N2O4S/c1-18-15-20(3)23(16-19(18)2)21(4)27-26(29)17-28(33(5,30)31)24-13-9-10-14-25(24)32-22-11-7-6-8-12-22/h6-16,21H,17H2,1-5H3,(H,27,29). The van der Waals surface area contributed by atoms with Crippen molar-refractivity contribution in [2.45, 2.75) is 33.7 Å². The van der Waals surface area contributed by atoms with E-state index in [9.17, 15) is 13.2 Å². The monoisotopic (exact) mass is 466 g/mol. The van der Waals surface area contributed by atoms with Crippen LogP contribution < -0.4 is 14.4 Å². The molecule has 1 N–H and O–H groups in total. The Kier molecular flexibility index (Phi) is 7.43. The van der Waals surface area contributed by atoms with Gasteiger partial charge in [0.1, 0.15) is 12.3 Å². The smallest absolute Gasteiger partial charge is 0.241 e. The number of benzene rings is 3. The second-order valence-electron chi connectivity index (χ2n) is 8.23. The van der Waals surface area contributed by atoms with E-state index in [0.29, 0.717) is 17.2 Å². The fourth-order valence-corrected chi connectivity index (χ4v) is 4.55. The number of aryl methyl sites for hydroxylation is 3. The lowest BCUT2D eigenvalue weighted by Crippen LogP contribution is -2.41. The van der Waals surface area contributed by atoms with Gasteiger partial charge in [-0.15, -0.1) is 0 Å². The van der Waals surface area contributed by atoms with Gasteiger partial charge in [0.15, 0.2) is 5.75 Å². The number of rotatable bonds is 8. The third-order valence-electron chi connectivity index (χ3n) is 5.52. The highest BCUT2D eigenvalue weighted by Crippen LogP contribution is 2.33. The Morgan fingerprint density at radius 3 is 2.21 bits per heavy atom. The van der Waals surface area contributed by atoms with Gasteiger partial charge in [-0.1, -0.05) is 42.5 Å². The minimum atomic E-state index is -3.76. The van der Waals surface area contributed by atoms with E-state index >= 15 is 0 Å². The Morgan fingerprint density at radius 2 is 1.55 bits per heavy atom. The molecule has 0 bridgehead atoms. The molecular formula is C26H30N2O4S. The molecule has 3 rings (SSSR count). The van der Waals surface area contributed by atoms with Gasteiger partial charge in [-0.05, 0) is 74.2 Å². The summed E-state index contributed by atoms with van der Waals surface area (Å²) in [7, 11) is -3.76. The summed E-state index contributed by atoms with van der Waals surface area (Å²) >= 11 is 0. The van der Waals surface area contributed by atoms with Crippen molar-refractivity contribution in [1.82, 2.24) is 5.32 Å². The highest BCUT2D eigenvalue weighted by Gasteiger charge is 2.25. The van der Waals surface area contributed by atoms with Crippen molar-refractivity contribution in [2.75, 3.05) is 17.1 Å². The van der Waals surface area contributed by atoms with Crippen molar-refractivity contribution in [2.24, 2.45) is 0 Å². The maximum Gasteiger partial charge on any atom is 0.241 e. The molecule has 0 aliphatic heterocycles. The van der Waals surface area contributed by atoms with Crippen LogP contribution in [0.3, 0.4) is 0 Å². The number of carbonyl (C=O) groups is 1. The average molecular weight is 467 g/mol. The molecule has 0 aliphatic rings. The molecule has 0 spiro atoms. The molecule has 1 atom stereocenters. The Hall–Kier alpha value is -3.32. The van der Waals surface area contributed by atoms with Crippen molar-refractivity contribution >= 4 is 21.6 Å². The van der Waals surface area contributed by atoms with Crippen LogP contribution in [0.5, 0.6) is 11.5 Å². The molecule has 33 heavy (non-hydrogen) atoms. The summed E-state index contributed by atoms with van der Waals surface area (Å²) in [5.74, 6) is 0.515. The predicted molar refractivity (Wildman–Crippen MR) is 132 cm³/mol. The van der Waals surface area contributed by atoms with Crippen LogP contribution in [-0.4, -0.2) is 27.1 Å². The normalized spacial score (nSPS) is 12.2. The fraction of sp³-hybridized carbons (Fsp3) is 0.269. The van der Waals surface area contributed by atoms with Crippen molar-refractivity contribution in [3.63, 3.8) is 0 Å². The Morgan fingerprint density at radius 1 is 0.939 bits per heavy atom. The molecule has 0 saturated carbocycles. The Labute approximate surface area is 196 Å². The molecule has 3 aromatic rings. The van der Waals surface area contributed by atoms with Crippen LogP contribution in [0.1, 0.15) is 35.2 Å². The molecule has 174 valence electrons. The molecule has 0 aromatic heterocycles. The number of sulfonamides is 1. The van der Waals surface area contributed by atoms with Crippen LogP contribution in [0, 0.1) is 20.8 Å². The Bertz CT molecular complexity index is 1240. The molecule has 0 heterocycles. The van der Waals surface area contributed by atoms with E-state index in [1.807, 2.05) is 45.9 Å². The predicted octanol–water partition coefficient (Wildman–Crippen LogP) is 5.05. The molecule has 0 saturated heterocycles. The average Bonchev–Trinajstić information content (AvgIpc) is 2.75. The number of anilines is 1. The van der Waals surface area contributed by atoms with Crippen molar-refractivity contribution in [3.8, 4) is 11.5 Å². The SMILES string of the molecule is Cc1cc(C)c(C(C)NC(=O)CN(c2ccccc2Oc2ccccc2)S(C)(=O)=O)cc1C. The molecular weight excluding hydrogens is 436 g/mol. The molecule has 7 heteroatoms. The summed E-state index contributed by atoms with van der Waals surface area (Å²) in [4.78, 5) is 12.9. The van der Waals surface area contributed by atoms with Crippen molar-refractivity contribution < 1.29 is 17.9 Å². The number of hydrogen-bond acceptors (Lipinski definition) is 4. The van der Waals surface area contributed by atoms with E-state index in [4.69, 9.17) is 4.74 Å². The quantitative estimate of drug-likeness (QED) is 0.504. The lowest BCUT2D eigenvalue weighted by atomic mass is 9.96. The third-order valence-corrected chi connectivity index (χ3v) is 6.65. The van der Waals surface area contributed by atoms with Crippen molar-refractivity contribution in [3.05, 3.63) is 89.0 Å². The van der Waals surface area contributed by atoms with Crippen LogP contribution in [0.15, 0.2) is 66.7 Å². The summed E-state index contributed by atoms with van der Waals surface area (Å²) in [6.45, 7) is 7.62. The first kappa shape index (κ1) is 24.3. The zero-order valence-electron chi connectivity index (χ0n) is 19.6. The summed E-state index contributed by atoms with van der Waals surface area (Å²) in [6, 6.07) is 19.7. The number of carbonyl (C=O) groups excluding carboxylic acids is 1. The van der Waals surface area contributed by atoms with Gasteiger partial charge in [-0.2, -0.15) is 0 Å². The zero-order valence-corrected chi connectivity index (χ0v) is 20.4. The highest BCUT2D eigenvalue weighted by atomic mass is 32.2. The van der Waals surface area contributed by atoms with Gasteiger partial charge >= 0.3 is 0 Å². The summed E-state index contributed by atoms with van der Waals surface area (Å²) in [5.41, 5.74) is 4.71. The summed E-state index contributed by atoms with van der Waals surface area (Å²) in [6.07, 6.45) is 1.08. The van der Waals surface area contributed by atoms with E-state index in [1.165, 1.54) is 5.56 Å². The maximum absolute atomic E-state index is 12.9. The fourth-order valence-electron chi connectivity index (χ4n) is 3.69. The van der Waals surface area contributed by atoms with Gasteiger partial charge < -0.3 is 10.1 Å². The number of para-hydroxylation sites is 3. The van der Waals surface area contributed by atoms with Gasteiger partial charge in [0.25, 0.3) is 0 Å². The largest absolute Gasteiger partial charge is 0.455 e. The number of ether oxygens (including phenoxy) is 1. The van der Waals surface area contributed by atoms with Gasteiger partial charge in [-0.25, -0.2) is 8.42 Å². The second kappa shape index (κ2) is 10.1. The minimum absolute atomic E-state index is 0.269. The molecule has 0 radical (unpaired) electrons. The van der Waals surface area contributed by atoms with E-state index < -0.39 is 15.9 Å². The van der Waals surface area contributed by atoms with Gasteiger partial charge in [-0.3, -0.25) is 9.10 Å². The molecule has 0 fully saturated rings. The van der Waals surface area contributed by atoms with Crippen LogP contribution in [0.25, 0.3) is 0 Å². The first-order chi connectivity index (χ1) is 15.6. The first-order valence-corrected chi connectivity index (χ1v) is 12.6. The number of amides is 1. The summed E-state index contributed by atoms with van der Waals surface area (Å²) < 4.78 is 32.3. The number of hydrogen-bond donors (Lipinski definition) is 1. The molecule has 0 aliphatic carbocycles. The molecule has 3 aromatic carbocycles. The van der Waals surface area contributed by atoms with Crippen LogP contribution >= 0.6 is 0 Å². The topological polar surface area (TPSA) is 75.7 Å². The zero-order chi connectivity index (χ0) is 24.2. The lowest BCUT2D eigenvalue weighted by Gasteiger charge is -2.25. The number of nitrogens with one attached hydrogen (secondary N) is 1.